The van der Waals surface area contributed by atoms with Crippen molar-refractivity contribution < 1.29 is 4.79 Å². The van der Waals surface area contributed by atoms with Crippen LogP contribution in [0.5, 0.6) is 0 Å². The van der Waals surface area contributed by atoms with Crippen LogP contribution in [-0.4, -0.2) is 11.9 Å². The Morgan fingerprint density at radius 3 is 2.52 bits per heavy atom. The maximum atomic E-state index is 12.4. The zero-order valence-corrected chi connectivity index (χ0v) is 12.0. The zero-order chi connectivity index (χ0) is 14.4. The number of rotatable bonds is 4. The fourth-order valence-electron chi connectivity index (χ4n) is 4.83. The van der Waals surface area contributed by atoms with Gasteiger partial charge < -0.3 is 5.32 Å². The molecule has 3 aliphatic carbocycles. The highest BCUT2D eigenvalue weighted by Crippen LogP contribution is 2.65. The first kappa shape index (κ1) is 12.9. The third-order valence-corrected chi connectivity index (χ3v) is 5.80. The largest absolute Gasteiger partial charge is 0.352 e. The predicted molar refractivity (Wildman–Crippen MR) is 79.0 cm³/mol. The molecule has 108 valence electrons. The van der Waals surface area contributed by atoms with Crippen molar-refractivity contribution in [3.05, 3.63) is 35.9 Å². The number of carbonyl (C=O) groups excluding carboxylic acids is 1. The fourth-order valence-corrected chi connectivity index (χ4v) is 4.83. The number of nitrogens with zero attached hydrogens (tertiary/aromatic N) is 1. The van der Waals surface area contributed by atoms with Gasteiger partial charge in [-0.1, -0.05) is 30.3 Å². The number of carbonyl (C=O) groups is 1. The molecule has 1 aromatic carbocycles. The highest BCUT2D eigenvalue weighted by Gasteiger charge is 2.65. The summed E-state index contributed by atoms with van der Waals surface area (Å²) >= 11 is 0. The van der Waals surface area contributed by atoms with Gasteiger partial charge in [0.15, 0.2) is 0 Å². The van der Waals surface area contributed by atoms with Gasteiger partial charge in [-0.3, -0.25) is 4.79 Å². The smallest absolute Gasteiger partial charge is 0.237 e. The number of benzene rings is 1. The maximum Gasteiger partial charge on any atom is 0.237 e. The van der Waals surface area contributed by atoms with Crippen molar-refractivity contribution in [3.63, 3.8) is 0 Å². The molecule has 3 heteroatoms. The topological polar surface area (TPSA) is 52.9 Å². The van der Waals surface area contributed by atoms with Crippen LogP contribution in [0.3, 0.4) is 0 Å². The van der Waals surface area contributed by atoms with E-state index < -0.39 is 5.92 Å². The molecule has 3 aliphatic rings. The maximum absolute atomic E-state index is 12.4. The lowest BCUT2D eigenvalue weighted by atomic mass is 9.99. The third kappa shape index (κ3) is 2.14. The van der Waals surface area contributed by atoms with Crippen molar-refractivity contribution in [2.45, 2.75) is 31.7 Å². The van der Waals surface area contributed by atoms with E-state index in [-0.39, 0.29) is 5.91 Å². The van der Waals surface area contributed by atoms with Gasteiger partial charge >= 0.3 is 0 Å². The molecule has 21 heavy (non-hydrogen) atoms. The second-order valence-corrected chi connectivity index (χ2v) is 6.89. The summed E-state index contributed by atoms with van der Waals surface area (Å²) < 4.78 is 0. The van der Waals surface area contributed by atoms with Crippen LogP contribution in [0.1, 0.15) is 24.8 Å². The fraction of sp³-hybridized carbons (Fsp3) is 0.556. The monoisotopic (exact) mass is 280 g/mol. The van der Waals surface area contributed by atoms with E-state index in [1.807, 2.05) is 30.3 Å². The van der Waals surface area contributed by atoms with Gasteiger partial charge in [0, 0.05) is 6.04 Å². The summed E-state index contributed by atoms with van der Waals surface area (Å²) in [4.78, 5) is 12.4. The van der Waals surface area contributed by atoms with E-state index in [4.69, 9.17) is 0 Å². The Morgan fingerprint density at radius 2 is 1.90 bits per heavy atom. The van der Waals surface area contributed by atoms with Crippen LogP contribution in [0.15, 0.2) is 30.3 Å². The summed E-state index contributed by atoms with van der Waals surface area (Å²) in [5, 5.41) is 12.5. The molecular weight excluding hydrogens is 260 g/mol. The van der Waals surface area contributed by atoms with E-state index in [0.29, 0.717) is 12.5 Å². The molecule has 0 aliphatic heterocycles. The van der Waals surface area contributed by atoms with E-state index >= 15 is 0 Å². The number of hydrogen-bond donors (Lipinski definition) is 1. The lowest BCUT2D eigenvalue weighted by Crippen LogP contribution is -2.35. The first-order valence-electron chi connectivity index (χ1n) is 8.02. The van der Waals surface area contributed by atoms with Crippen molar-refractivity contribution in [2.75, 3.05) is 0 Å². The molecule has 3 nitrogen and oxygen atoms in total. The molecule has 0 heterocycles. The van der Waals surface area contributed by atoms with E-state index in [2.05, 4.69) is 11.4 Å². The molecule has 3 saturated carbocycles. The standard InChI is InChI=1S/C18H20N2O/c19-10-14(8-11-4-2-1-3-5-11)18(21)20-17-15-12-6-7-13(9-12)16(15)17/h1-5,12-17H,6-9H2,(H,20,21). The van der Waals surface area contributed by atoms with Gasteiger partial charge in [0.05, 0.1) is 6.07 Å². The van der Waals surface area contributed by atoms with Gasteiger partial charge in [-0.15, -0.1) is 0 Å². The third-order valence-electron chi connectivity index (χ3n) is 5.80. The second-order valence-electron chi connectivity index (χ2n) is 6.89. The number of nitriles is 1. The zero-order valence-electron chi connectivity index (χ0n) is 12.0. The lowest BCUT2D eigenvalue weighted by Gasteiger charge is -2.13. The second kappa shape index (κ2) is 4.87. The van der Waals surface area contributed by atoms with Crippen LogP contribution >= 0.6 is 0 Å². The highest BCUT2D eigenvalue weighted by molar-refractivity contribution is 5.82. The Bertz CT molecular complexity index is 575. The predicted octanol–water partition coefficient (Wildman–Crippen LogP) is 2.53. The Balaban J connectivity index is 1.37. The average Bonchev–Trinajstić information content (AvgIpc) is 2.90. The molecule has 0 saturated heterocycles. The molecule has 0 radical (unpaired) electrons. The molecular formula is C18H20N2O. The van der Waals surface area contributed by atoms with Crippen molar-refractivity contribution in [3.8, 4) is 6.07 Å². The van der Waals surface area contributed by atoms with Crippen LogP contribution in [0.25, 0.3) is 0 Å². The van der Waals surface area contributed by atoms with E-state index in [9.17, 15) is 10.1 Å². The summed E-state index contributed by atoms with van der Waals surface area (Å²) in [5.41, 5.74) is 1.05. The Morgan fingerprint density at radius 1 is 1.24 bits per heavy atom. The first-order valence-corrected chi connectivity index (χ1v) is 8.02. The minimum Gasteiger partial charge on any atom is -0.352 e. The number of amides is 1. The number of hydrogen-bond acceptors (Lipinski definition) is 2. The molecule has 4 rings (SSSR count). The molecule has 2 bridgehead atoms. The van der Waals surface area contributed by atoms with Gasteiger partial charge in [0.2, 0.25) is 5.91 Å². The molecule has 0 spiro atoms. The summed E-state index contributed by atoms with van der Waals surface area (Å²) in [7, 11) is 0. The van der Waals surface area contributed by atoms with E-state index in [0.717, 1.165) is 29.2 Å². The van der Waals surface area contributed by atoms with Gasteiger partial charge in [-0.2, -0.15) is 5.26 Å². The van der Waals surface area contributed by atoms with Gasteiger partial charge in [-0.25, -0.2) is 0 Å². The van der Waals surface area contributed by atoms with Crippen molar-refractivity contribution in [1.82, 2.24) is 5.32 Å². The van der Waals surface area contributed by atoms with Crippen LogP contribution in [0, 0.1) is 40.9 Å². The Labute approximate surface area is 125 Å². The normalized spacial score (nSPS) is 36.6. The summed E-state index contributed by atoms with van der Waals surface area (Å²) in [6, 6.07) is 12.3. The van der Waals surface area contributed by atoms with Crippen molar-refractivity contribution >= 4 is 5.91 Å². The van der Waals surface area contributed by atoms with Crippen LogP contribution in [-0.2, 0) is 11.2 Å². The molecule has 3 fully saturated rings. The van der Waals surface area contributed by atoms with E-state index in [1.54, 1.807) is 0 Å². The van der Waals surface area contributed by atoms with Crippen LogP contribution in [0.4, 0.5) is 0 Å². The molecule has 1 amide bonds. The molecule has 1 N–H and O–H groups in total. The minimum absolute atomic E-state index is 0.0693. The Kier molecular flexibility index (Phi) is 2.99. The molecule has 1 aromatic rings. The number of nitrogens with one attached hydrogen (secondary N) is 1. The minimum atomic E-state index is -0.564. The van der Waals surface area contributed by atoms with Gasteiger partial charge in [0.25, 0.3) is 0 Å². The van der Waals surface area contributed by atoms with Crippen molar-refractivity contribution in [2.24, 2.45) is 29.6 Å². The summed E-state index contributed by atoms with van der Waals surface area (Å²) in [5.74, 6) is 2.51. The number of fused-ring (bicyclic) bond motifs is 5. The molecule has 0 aromatic heterocycles. The molecule has 5 unspecified atom stereocenters. The molecule has 5 atom stereocenters. The first-order chi connectivity index (χ1) is 10.3. The van der Waals surface area contributed by atoms with E-state index in [1.165, 1.54) is 19.3 Å². The lowest BCUT2D eigenvalue weighted by molar-refractivity contribution is -0.123. The summed E-state index contributed by atoms with van der Waals surface area (Å²) in [6.45, 7) is 0. The quantitative estimate of drug-likeness (QED) is 0.921. The Hall–Kier alpha value is -1.82. The van der Waals surface area contributed by atoms with Gasteiger partial charge in [0.1, 0.15) is 5.92 Å². The highest BCUT2D eigenvalue weighted by atomic mass is 16.2. The van der Waals surface area contributed by atoms with Crippen LogP contribution in [0.2, 0.25) is 0 Å². The van der Waals surface area contributed by atoms with Crippen molar-refractivity contribution in [1.29, 1.82) is 5.26 Å². The van der Waals surface area contributed by atoms with Gasteiger partial charge in [-0.05, 0) is 54.9 Å². The van der Waals surface area contributed by atoms with Crippen LogP contribution < -0.4 is 5.32 Å². The average molecular weight is 280 g/mol. The summed E-state index contributed by atoms with van der Waals surface area (Å²) in [6.07, 6.45) is 4.60. The SMILES string of the molecule is N#CC(Cc1ccccc1)C(=O)NC1C2C3CCC(C3)C12.